The molecule has 5 heteroatoms. The number of hydrogen-bond acceptors (Lipinski definition) is 3. The molecule has 142 valence electrons. The fourth-order valence-corrected chi connectivity index (χ4v) is 4.79. The van der Waals surface area contributed by atoms with Gasteiger partial charge in [0.2, 0.25) is 0 Å². The molecular formula is C22H26N2O3. The zero-order chi connectivity index (χ0) is 19.0. The van der Waals surface area contributed by atoms with Crippen LogP contribution in [0, 0.1) is 5.92 Å². The number of likely N-dealkylation sites (tertiary alicyclic amines) is 1. The smallest absolute Gasteiger partial charge is 0.253 e. The van der Waals surface area contributed by atoms with Gasteiger partial charge in [-0.25, -0.2) is 0 Å². The molecular weight excluding hydrogens is 340 g/mol. The maximum atomic E-state index is 13.1. The van der Waals surface area contributed by atoms with Crippen molar-refractivity contribution in [1.82, 2.24) is 9.47 Å². The lowest BCUT2D eigenvalue weighted by Crippen LogP contribution is -2.51. The fraction of sp³-hybridized carbons (Fsp3) is 0.455. The molecule has 2 aromatic rings. The van der Waals surface area contributed by atoms with Gasteiger partial charge in [0.1, 0.15) is 5.75 Å². The van der Waals surface area contributed by atoms with Crippen molar-refractivity contribution in [1.29, 1.82) is 0 Å². The molecule has 0 radical (unpaired) electrons. The van der Waals surface area contributed by atoms with E-state index < -0.39 is 0 Å². The molecule has 1 saturated heterocycles. The minimum absolute atomic E-state index is 0.0642. The van der Waals surface area contributed by atoms with Crippen molar-refractivity contribution in [2.45, 2.75) is 38.1 Å². The molecule has 1 aromatic heterocycles. The molecule has 1 aromatic carbocycles. The number of ether oxygens (including phenoxy) is 1. The second-order valence-corrected chi connectivity index (χ2v) is 7.65. The van der Waals surface area contributed by atoms with Gasteiger partial charge in [-0.05, 0) is 49.1 Å². The Hall–Kier alpha value is -2.56. The molecule has 27 heavy (non-hydrogen) atoms. The molecule has 2 aliphatic rings. The fourth-order valence-electron chi connectivity index (χ4n) is 4.79. The number of carbonyl (C=O) groups excluding carboxylic acids is 1. The Morgan fingerprint density at radius 1 is 1.15 bits per heavy atom. The van der Waals surface area contributed by atoms with Gasteiger partial charge in [-0.3, -0.25) is 9.59 Å². The summed E-state index contributed by atoms with van der Waals surface area (Å²) < 4.78 is 7.20. The lowest BCUT2D eigenvalue weighted by atomic mass is 9.77. The molecule has 3 heterocycles. The lowest BCUT2D eigenvalue weighted by Gasteiger charge is -2.47. The van der Waals surface area contributed by atoms with Gasteiger partial charge in [-0.2, -0.15) is 0 Å². The number of carbonyl (C=O) groups is 1. The van der Waals surface area contributed by atoms with Gasteiger partial charge in [0.25, 0.3) is 11.5 Å². The summed E-state index contributed by atoms with van der Waals surface area (Å²) in [5.41, 5.74) is 1.87. The maximum Gasteiger partial charge on any atom is 0.253 e. The zero-order valence-electron chi connectivity index (χ0n) is 15.9. The normalized spacial score (nSPS) is 23.6. The highest BCUT2D eigenvalue weighted by Gasteiger charge is 2.41. The van der Waals surface area contributed by atoms with Crippen LogP contribution in [0.15, 0.2) is 47.3 Å². The molecule has 0 N–H and O–H groups in total. The second-order valence-electron chi connectivity index (χ2n) is 7.65. The molecule has 0 aliphatic carbocycles. The van der Waals surface area contributed by atoms with Crippen molar-refractivity contribution in [3.63, 3.8) is 0 Å². The number of rotatable bonds is 4. The van der Waals surface area contributed by atoms with Crippen LogP contribution in [0.3, 0.4) is 0 Å². The third-order valence-electron chi connectivity index (χ3n) is 6.01. The minimum Gasteiger partial charge on any atom is -0.497 e. The van der Waals surface area contributed by atoms with Crippen LogP contribution in [-0.4, -0.2) is 35.6 Å². The minimum atomic E-state index is 0.0642. The van der Waals surface area contributed by atoms with Crippen LogP contribution in [0.2, 0.25) is 0 Å². The molecule has 2 bridgehead atoms. The number of piperidine rings is 1. The van der Waals surface area contributed by atoms with E-state index in [0.717, 1.165) is 30.7 Å². The quantitative estimate of drug-likeness (QED) is 0.833. The van der Waals surface area contributed by atoms with Gasteiger partial charge in [0, 0.05) is 42.4 Å². The Balaban J connectivity index is 1.65. The Morgan fingerprint density at radius 2 is 1.93 bits per heavy atom. The highest BCUT2D eigenvalue weighted by molar-refractivity contribution is 5.94. The van der Waals surface area contributed by atoms with E-state index in [1.165, 1.54) is 0 Å². The summed E-state index contributed by atoms with van der Waals surface area (Å²) >= 11 is 0. The first-order valence-corrected chi connectivity index (χ1v) is 9.77. The van der Waals surface area contributed by atoms with Gasteiger partial charge in [-0.15, -0.1) is 0 Å². The van der Waals surface area contributed by atoms with Crippen molar-refractivity contribution < 1.29 is 9.53 Å². The predicted molar refractivity (Wildman–Crippen MR) is 104 cm³/mol. The maximum absolute atomic E-state index is 13.1. The lowest BCUT2D eigenvalue weighted by molar-refractivity contribution is 0.0518. The van der Waals surface area contributed by atoms with Crippen LogP contribution in [0.25, 0.3) is 0 Å². The van der Waals surface area contributed by atoms with Crippen LogP contribution in [-0.2, 0) is 0 Å². The van der Waals surface area contributed by atoms with E-state index in [-0.39, 0.29) is 23.4 Å². The van der Waals surface area contributed by atoms with Crippen LogP contribution in [0.5, 0.6) is 5.75 Å². The summed E-state index contributed by atoms with van der Waals surface area (Å²) in [6, 6.07) is 13.1. The van der Waals surface area contributed by atoms with E-state index in [4.69, 9.17) is 4.74 Å². The Bertz CT molecular complexity index is 887. The van der Waals surface area contributed by atoms with Gasteiger partial charge in [0.15, 0.2) is 0 Å². The topological polar surface area (TPSA) is 51.5 Å². The van der Waals surface area contributed by atoms with Gasteiger partial charge >= 0.3 is 0 Å². The number of nitrogens with zero attached hydrogens (tertiary/aromatic N) is 2. The highest BCUT2D eigenvalue weighted by atomic mass is 16.5. The molecule has 3 atom stereocenters. The molecule has 1 fully saturated rings. The number of amides is 1. The molecule has 1 amide bonds. The van der Waals surface area contributed by atoms with Gasteiger partial charge < -0.3 is 14.2 Å². The number of hydrogen-bond donors (Lipinski definition) is 0. The van der Waals surface area contributed by atoms with E-state index in [0.29, 0.717) is 24.6 Å². The highest BCUT2D eigenvalue weighted by Crippen LogP contribution is 2.43. The number of fused-ring (bicyclic) bond motifs is 4. The Morgan fingerprint density at radius 3 is 2.63 bits per heavy atom. The number of methoxy groups -OCH3 is 1. The first kappa shape index (κ1) is 17.8. The third-order valence-corrected chi connectivity index (χ3v) is 6.01. The van der Waals surface area contributed by atoms with Crippen molar-refractivity contribution in [3.05, 3.63) is 64.1 Å². The first-order chi connectivity index (χ1) is 13.1. The van der Waals surface area contributed by atoms with E-state index in [9.17, 15) is 9.59 Å². The number of benzene rings is 1. The largest absolute Gasteiger partial charge is 0.497 e. The van der Waals surface area contributed by atoms with Crippen molar-refractivity contribution in [2.24, 2.45) is 5.92 Å². The standard InChI is InChI=1S/C22H26N2O3/c1-3-5-19-16-12-17(20-6-4-7-21(25)24(19)20)14-23(13-16)22(26)15-8-10-18(27-2)11-9-15/h4,6-11,16-17,19H,3,5,12-14H2,1-2H3/t16-,17+,19-/m0/s1. The average molecular weight is 366 g/mol. The molecule has 4 rings (SSSR count). The SMILES string of the molecule is CCC[C@H]1[C@H]2C[C@H](CN(C(=O)c3ccc(OC)cc3)C2)c2cccc(=O)n21. The summed E-state index contributed by atoms with van der Waals surface area (Å²) in [4.78, 5) is 27.6. The van der Waals surface area contributed by atoms with Gasteiger partial charge in [-0.1, -0.05) is 19.4 Å². The first-order valence-electron chi connectivity index (χ1n) is 9.77. The monoisotopic (exact) mass is 366 g/mol. The third kappa shape index (κ3) is 3.15. The number of pyridine rings is 1. The average Bonchev–Trinajstić information content (AvgIpc) is 2.70. The van der Waals surface area contributed by atoms with E-state index in [2.05, 4.69) is 13.0 Å². The van der Waals surface area contributed by atoms with Crippen molar-refractivity contribution in [2.75, 3.05) is 20.2 Å². The Labute approximate surface area is 159 Å². The molecule has 0 saturated carbocycles. The number of aromatic nitrogens is 1. The molecule has 0 spiro atoms. The molecule has 2 aliphatic heterocycles. The van der Waals surface area contributed by atoms with Crippen LogP contribution >= 0.6 is 0 Å². The van der Waals surface area contributed by atoms with Crippen molar-refractivity contribution >= 4 is 5.91 Å². The van der Waals surface area contributed by atoms with E-state index in [1.807, 2.05) is 39.8 Å². The predicted octanol–water partition coefficient (Wildman–Crippen LogP) is 3.46. The van der Waals surface area contributed by atoms with E-state index >= 15 is 0 Å². The van der Waals surface area contributed by atoms with Crippen LogP contribution in [0.4, 0.5) is 0 Å². The van der Waals surface area contributed by atoms with Crippen LogP contribution in [0.1, 0.15) is 54.2 Å². The van der Waals surface area contributed by atoms with E-state index in [1.54, 1.807) is 13.2 Å². The Kier molecular flexibility index (Phi) is 4.77. The summed E-state index contributed by atoms with van der Waals surface area (Å²) in [6.07, 6.45) is 3.05. The summed E-state index contributed by atoms with van der Waals surface area (Å²) in [5, 5.41) is 0. The molecule has 5 nitrogen and oxygen atoms in total. The molecule has 0 unspecified atom stereocenters. The second kappa shape index (κ2) is 7.22. The summed E-state index contributed by atoms with van der Waals surface area (Å²) in [7, 11) is 1.62. The summed E-state index contributed by atoms with van der Waals surface area (Å²) in [5.74, 6) is 1.37. The van der Waals surface area contributed by atoms with Crippen LogP contribution < -0.4 is 10.3 Å². The summed E-state index contributed by atoms with van der Waals surface area (Å²) in [6.45, 7) is 3.54. The zero-order valence-corrected chi connectivity index (χ0v) is 15.9. The van der Waals surface area contributed by atoms with Gasteiger partial charge in [0.05, 0.1) is 7.11 Å². The van der Waals surface area contributed by atoms with Crippen molar-refractivity contribution in [3.8, 4) is 5.75 Å².